The molecule has 0 bridgehead atoms. The van der Waals surface area contributed by atoms with Crippen LogP contribution in [0, 0.1) is 29.6 Å². The number of aliphatic hydroxyl groups excluding tert-OH is 2. The summed E-state index contributed by atoms with van der Waals surface area (Å²) in [4.78, 5) is 0. The molecule has 0 aromatic heterocycles. The minimum Gasteiger partial charge on any atom is -0.393 e. The van der Waals surface area contributed by atoms with Crippen LogP contribution >= 0.6 is 0 Å². The second-order valence-electron chi connectivity index (χ2n) is 7.81. The van der Waals surface area contributed by atoms with Gasteiger partial charge in [-0.05, 0) is 81.0 Å². The molecule has 5 unspecified atom stereocenters. The fourth-order valence-corrected chi connectivity index (χ4v) is 5.48. The molecule has 2 N–H and O–H groups in total. The van der Waals surface area contributed by atoms with Crippen LogP contribution in [0.2, 0.25) is 0 Å². The quantitative estimate of drug-likeness (QED) is 0.808. The van der Waals surface area contributed by atoms with Gasteiger partial charge in [0.25, 0.3) is 0 Å². The van der Waals surface area contributed by atoms with E-state index in [9.17, 15) is 10.2 Å². The van der Waals surface area contributed by atoms with Gasteiger partial charge in [0.2, 0.25) is 0 Å². The van der Waals surface area contributed by atoms with Crippen molar-refractivity contribution in [1.29, 1.82) is 0 Å². The van der Waals surface area contributed by atoms with Gasteiger partial charge in [-0.1, -0.05) is 19.8 Å². The molecule has 3 aliphatic carbocycles. The monoisotopic (exact) mass is 280 g/mol. The molecule has 3 fully saturated rings. The molecule has 0 aromatic carbocycles. The van der Waals surface area contributed by atoms with E-state index in [1.807, 2.05) is 0 Å². The van der Waals surface area contributed by atoms with E-state index in [1.165, 1.54) is 38.5 Å². The highest BCUT2D eigenvalue weighted by atomic mass is 16.3. The first-order valence-electron chi connectivity index (χ1n) is 9.05. The Morgan fingerprint density at radius 1 is 0.750 bits per heavy atom. The molecular weight excluding hydrogens is 248 g/mol. The maximum absolute atomic E-state index is 10.9. The van der Waals surface area contributed by atoms with Crippen molar-refractivity contribution < 1.29 is 10.2 Å². The summed E-state index contributed by atoms with van der Waals surface area (Å²) in [5.41, 5.74) is 0. The van der Waals surface area contributed by atoms with Crippen LogP contribution in [0.25, 0.3) is 0 Å². The first kappa shape index (κ1) is 14.8. The number of aliphatic hydroxyl groups is 2. The van der Waals surface area contributed by atoms with Crippen molar-refractivity contribution in [3.63, 3.8) is 0 Å². The fourth-order valence-electron chi connectivity index (χ4n) is 5.48. The standard InChI is InChI=1S/C18H32O2/c1-2-12-3-9-17-14(11-12)6-10-16(18(17)20)13-4-7-15(19)8-5-13/h12-20H,2-11H2,1H3. The first-order chi connectivity index (χ1) is 9.69. The Hall–Kier alpha value is -0.0800. The number of rotatable bonds is 2. The van der Waals surface area contributed by atoms with E-state index in [2.05, 4.69) is 6.92 Å². The van der Waals surface area contributed by atoms with Crippen LogP contribution in [-0.4, -0.2) is 22.4 Å². The van der Waals surface area contributed by atoms with Crippen LogP contribution < -0.4 is 0 Å². The minimum atomic E-state index is -0.0697. The van der Waals surface area contributed by atoms with Crippen LogP contribution in [0.15, 0.2) is 0 Å². The number of hydrogen-bond acceptors (Lipinski definition) is 2. The van der Waals surface area contributed by atoms with Gasteiger partial charge in [0.1, 0.15) is 0 Å². The maximum Gasteiger partial charge on any atom is 0.0601 e. The molecule has 0 amide bonds. The summed E-state index contributed by atoms with van der Waals surface area (Å²) in [5.74, 6) is 3.52. The average Bonchev–Trinajstić information content (AvgIpc) is 2.48. The Bertz CT molecular complexity index is 309. The molecule has 0 spiro atoms. The van der Waals surface area contributed by atoms with Crippen molar-refractivity contribution in [2.75, 3.05) is 0 Å². The fraction of sp³-hybridized carbons (Fsp3) is 1.00. The summed E-state index contributed by atoms with van der Waals surface area (Å²) in [5, 5.41) is 20.6. The van der Waals surface area contributed by atoms with Crippen molar-refractivity contribution >= 4 is 0 Å². The maximum atomic E-state index is 10.9. The average molecular weight is 280 g/mol. The summed E-state index contributed by atoms with van der Waals surface area (Å²) >= 11 is 0. The summed E-state index contributed by atoms with van der Waals surface area (Å²) in [7, 11) is 0. The van der Waals surface area contributed by atoms with Crippen LogP contribution in [0.1, 0.15) is 71.1 Å². The third-order valence-electron chi connectivity index (χ3n) is 6.82. The highest BCUT2D eigenvalue weighted by Gasteiger charge is 2.44. The SMILES string of the molecule is CCC1CCC2C(CCC(C3CCC(O)CC3)C2O)C1. The molecule has 3 rings (SSSR count). The number of hydrogen-bond donors (Lipinski definition) is 2. The molecule has 0 saturated heterocycles. The lowest BCUT2D eigenvalue weighted by atomic mass is 9.59. The zero-order valence-corrected chi connectivity index (χ0v) is 13.0. The predicted molar refractivity (Wildman–Crippen MR) is 81.3 cm³/mol. The molecule has 0 aromatic rings. The summed E-state index contributed by atoms with van der Waals surface area (Å²) in [6, 6.07) is 0. The van der Waals surface area contributed by atoms with E-state index in [-0.39, 0.29) is 12.2 Å². The summed E-state index contributed by atoms with van der Waals surface area (Å²) in [6.45, 7) is 2.32. The van der Waals surface area contributed by atoms with Gasteiger partial charge >= 0.3 is 0 Å². The highest BCUT2D eigenvalue weighted by molar-refractivity contribution is 4.94. The van der Waals surface area contributed by atoms with Crippen LogP contribution in [0.3, 0.4) is 0 Å². The topological polar surface area (TPSA) is 40.5 Å². The zero-order chi connectivity index (χ0) is 14.1. The molecule has 0 aliphatic heterocycles. The molecular formula is C18H32O2. The Balaban J connectivity index is 1.60. The minimum absolute atomic E-state index is 0.0493. The lowest BCUT2D eigenvalue weighted by molar-refractivity contribution is -0.0705. The van der Waals surface area contributed by atoms with Gasteiger partial charge in [-0.3, -0.25) is 0 Å². The molecule has 20 heavy (non-hydrogen) atoms. The summed E-state index contributed by atoms with van der Waals surface area (Å²) in [6.07, 6.45) is 11.9. The molecule has 2 heteroatoms. The van der Waals surface area contributed by atoms with Gasteiger partial charge < -0.3 is 10.2 Å². The van der Waals surface area contributed by atoms with E-state index < -0.39 is 0 Å². The van der Waals surface area contributed by atoms with Crippen molar-refractivity contribution in [3.8, 4) is 0 Å². The van der Waals surface area contributed by atoms with E-state index in [1.54, 1.807) is 0 Å². The highest BCUT2D eigenvalue weighted by Crippen LogP contribution is 2.49. The molecule has 0 heterocycles. The molecule has 3 saturated carbocycles. The van der Waals surface area contributed by atoms with Crippen molar-refractivity contribution in [3.05, 3.63) is 0 Å². The second kappa shape index (κ2) is 6.36. The van der Waals surface area contributed by atoms with E-state index in [0.717, 1.165) is 37.5 Å². The van der Waals surface area contributed by atoms with Gasteiger partial charge in [-0.25, -0.2) is 0 Å². The Kier molecular flexibility index (Phi) is 4.72. The summed E-state index contributed by atoms with van der Waals surface area (Å²) < 4.78 is 0. The largest absolute Gasteiger partial charge is 0.393 e. The van der Waals surface area contributed by atoms with Crippen molar-refractivity contribution in [2.45, 2.75) is 83.3 Å². The Morgan fingerprint density at radius 2 is 1.35 bits per heavy atom. The predicted octanol–water partition coefficient (Wildman–Crippen LogP) is 3.75. The van der Waals surface area contributed by atoms with E-state index in [4.69, 9.17) is 0 Å². The third kappa shape index (κ3) is 2.92. The van der Waals surface area contributed by atoms with Crippen molar-refractivity contribution in [2.24, 2.45) is 29.6 Å². The molecule has 5 atom stereocenters. The van der Waals surface area contributed by atoms with E-state index in [0.29, 0.717) is 17.8 Å². The van der Waals surface area contributed by atoms with Gasteiger partial charge in [-0.2, -0.15) is 0 Å². The van der Waals surface area contributed by atoms with Gasteiger partial charge in [0.05, 0.1) is 12.2 Å². The van der Waals surface area contributed by atoms with Crippen molar-refractivity contribution in [1.82, 2.24) is 0 Å². The molecule has 0 radical (unpaired) electrons. The van der Waals surface area contributed by atoms with E-state index >= 15 is 0 Å². The van der Waals surface area contributed by atoms with Gasteiger partial charge in [0.15, 0.2) is 0 Å². The molecule has 2 nitrogen and oxygen atoms in total. The molecule has 116 valence electrons. The van der Waals surface area contributed by atoms with Crippen LogP contribution in [0.4, 0.5) is 0 Å². The second-order valence-corrected chi connectivity index (χ2v) is 7.81. The zero-order valence-electron chi connectivity index (χ0n) is 13.0. The normalized spacial score (nSPS) is 49.6. The lowest BCUT2D eigenvalue weighted by Crippen LogP contribution is -2.45. The molecule has 3 aliphatic rings. The van der Waals surface area contributed by atoms with Crippen LogP contribution in [0.5, 0.6) is 0 Å². The smallest absolute Gasteiger partial charge is 0.0601 e. The number of fused-ring (bicyclic) bond motifs is 1. The Morgan fingerprint density at radius 3 is 2.05 bits per heavy atom. The first-order valence-corrected chi connectivity index (χ1v) is 9.05. The lowest BCUT2D eigenvalue weighted by Gasteiger charge is -2.48. The van der Waals surface area contributed by atoms with Gasteiger partial charge in [0, 0.05) is 0 Å². The third-order valence-corrected chi connectivity index (χ3v) is 6.82. The Labute approximate surface area is 124 Å². The van der Waals surface area contributed by atoms with Gasteiger partial charge in [-0.15, -0.1) is 0 Å². The van der Waals surface area contributed by atoms with Crippen LogP contribution in [-0.2, 0) is 0 Å².